The number of rotatable bonds is 8. The van der Waals surface area contributed by atoms with Crippen molar-refractivity contribution in [1.82, 2.24) is 10.2 Å². The minimum absolute atomic E-state index is 0.121. The monoisotopic (exact) mass is 411 g/mol. The molecule has 1 heterocycles. The molecule has 2 aromatic rings. The maximum absolute atomic E-state index is 12.7. The number of morpholine rings is 1. The first kappa shape index (κ1) is 21.8. The van der Waals surface area contributed by atoms with Gasteiger partial charge in [-0.05, 0) is 43.2 Å². The van der Waals surface area contributed by atoms with Gasteiger partial charge in [-0.25, -0.2) is 0 Å². The Morgan fingerprint density at radius 3 is 2.67 bits per heavy atom. The van der Waals surface area contributed by atoms with Gasteiger partial charge in [0.2, 0.25) is 5.91 Å². The predicted molar refractivity (Wildman–Crippen MR) is 116 cm³/mol. The highest BCUT2D eigenvalue weighted by Gasteiger charge is 2.20. The zero-order valence-corrected chi connectivity index (χ0v) is 17.5. The maximum atomic E-state index is 12.7. The number of carbonyl (C=O) groups excluding carboxylic acids is 2. The van der Waals surface area contributed by atoms with E-state index in [1.165, 1.54) is 0 Å². The molecule has 1 atom stereocenters. The summed E-state index contributed by atoms with van der Waals surface area (Å²) in [6.07, 6.45) is 0.828. The third kappa shape index (κ3) is 6.30. The fourth-order valence-corrected chi connectivity index (χ4v) is 3.42. The first-order chi connectivity index (χ1) is 14.5. The van der Waals surface area contributed by atoms with Crippen molar-refractivity contribution in [3.63, 3.8) is 0 Å². The first-order valence-corrected chi connectivity index (χ1v) is 10.2. The third-order valence-electron chi connectivity index (χ3n) is 5.00. The average molecular weight is 412 g/mol. The van der Waals surface area contributed by atoms with E-state index in [-0.39, 0.29) is 24.5 Å². The van der Waals surface area contributed by atoms with Crippen LogP contribution in [0.4, 0.5) is 5.69 Å². The molecule has 0 spiro atoms. The Labute approximate surface area is 177 Å². The second-order valence-corrected chi connectivity index (χ2v) is 7.36. The minimum atomic E-state index is -0.209. The molecule has 1 unspecified atom stereocenters. The van der Waals surface area contributed by atoms with Crippen molar-refractivity contribution in [2.24, 2.45) is 0 Å². The van der Waals surface area contributed by atoms with Gasteiger partial charge in [0, 0.05) is 19.6 Å². The van der Waals surface area contributed by atoms with E-state index >= 15 is 0 Å². The highest BCUT2D eigenvalue weighted by Crippen LogP contribution is 2.16. The van der Waals surface area contributed by atoms with Crippen molar-refractivity contribution in [1.29, 1.82) is 0 Å². The quantitative estimate of drug-likeness (QED) is 0.697. The summed E-state index contributed by atoms with van der Waals surface area (Å²) < 4.78 is 10.7. The van der Waals surface area contributed by atoms with Gasteiger partial charge in [-0.15, -0.1) is 0 Å². The number of anilines is 1. The average Bonchev–Trinajstić information content (AvgIpc) is 2.74. The minimum Gasteiger partial charge on any atom is -0.497 e. The summed E-state index contributed by atoms with van der Waals surface area (Å²) in [5.41, 5.74) is 2.08. The summed E-state index contributed by atoms with van der Waals surface area (Å²) in [5.74, 6) is 0.459. The fraction of sp³-hybridized carbons (Fsp3) is 0.391. The molecule has 2 aromatic carbocycles. The van der Waals surface area contributed by atoms with Crippen molar-refractivity contribution >= 4 is 17.5 Å². The van der Waals surface area contributed by atoms with Crippen LogP contribution in [0.15, 0.2) is 48.5 Å². The van der Waals surface area contributed by atoms with Crippen LogP contribution < -0.4 is 15.4 Å². The van der Waals surface area contributed by atoms with Crippen LogP contribution in [0.5, 0.6) is 5.75 Å². The molecular weight excluding hydrogens is 382 g/mol. The summed E-state index contributed by atoms with van der Waals surface area (Å²) in [5, 5.41) is 5.81. The van der Waals surface area contributed by atoms with Crippen molar-refractivity contribution in [2.75, 3.05) is 45.2 Å². The van der Waals surface area contributed by atoms with Gasteiger partial charge < -0.3 is 20.1 Å². The van der Waals surface area contributed by atoms with Crippen molar-refractivity contribution in [3.05, 3.63) is 59.7 Å². The molecule has 1 saturated heterocycles. The van der Waals surface area contributed by atoms with E-state index in [1.807, 2.05) is 31.2 Å². The Balaban J connectivity index is 1.52. The standard InChI is InChI=1S/C23H29N3O4/c1-17-15-26(13-14-30-17)16-22(27)25-21-6-4-3-5-20(21)23(28)24-12-11-18-7-9-19(29-2)10-8-18/h3-10,17H,11-16H2,1-2H3,(H,24,28)(H,25,27). The number of benzene rings is 2. The van der Waals surface area contributed by atoms with Crippen LogP contribution in [0.25, 0.3) is 0 Å². The Morgan fingerprint density at radius 2 is 1.93 bits per heavy atom. The molecule has 0 aliphatic carbocycles. The van der Waals surface area contributed by atoms with E-state index in [9.17, 15) is 9.59 Å². The number of para-hydroxylation sites is 1. The van der Waals surface area contributed by atoms with Gasteiger partial charge >= 0.3 is 0 Å². The van der Waals surface area contributed by atoms with E-state index in [1.54, 1.807) is 31.4 Å². The van der Waals surface area contributed by atoms with Crippen LogP contribution in [0.2, 0.25) is 0 Å². The molecule has 0 aromatic heterocycles. The number of nitrogens with one attached hydrogen (secondary N) is 2. The molecule has 1 aliphatic rings. The molecule has 7 heteroatoms. The predicted octanol–water partition coefficient (Wildman–Crippen LogP) is 2.33. The lowest BCUT2D eigenvalue weighted by Gasteiger charge is -2.30. The number of methoxy groups -OCH3 is 1. The van der Waals surface area contributed by atoms with E-state index < -0.39 is 0 Å². The maximum Gasteiger partial charge on any atom is 0.253 e. The lowest BCUT2D eigenvalue weighted by atomic mass is 10.1. The molecule has 3 rings (SSSR count). The van der Waals surface area contributed by atoms with Gasteiger partial charge in [0.25, 0.3) is 5.91 Å². The van der Waals surface area contributed by atoms with Crippen LogP contribution in [-0.4, -0.2) is 62.7 Å². The zero-order chi connectivity index (χ0) is 21.3. The summed E-state index contributed by atoms with van der Waals surface area (Å²) in [6.45, 7) is 4.85. The Bertz CT molecular complexity index is 854. The molecule has 1 fully saturated rings. The molecule has 2 amide bonds. The summed E-state index contributed by atoms with van der Waals surface area (Å²) in [4.78, 5) is 27.2. The fourth-order valence-electron chi connectivity index (χ4n) is 3.42. The number of carbonyl (C=O) groups is 2. The van der Waals surface area contributed by atoms with Crippen LogP contribution >= 0.6 is 0 Å². The molecule has 0 saturated carbocycles. The number of nitrogens with zero attached hydrogens (tertiary/aromatic N) is 1. The van der Waals surface area contributed by atoms with Crippen LogP contribution in [-0.2, 0) is 16.0 Å². The van der Waals surface area contributed by atoms with E-state index in [4.69, 9.17) is 9.47 Å². The van der Waals surface area contributed by atoms with Gasteiger partial charge in [-0.1, -0.05) is 24.3 Å². The Kier molecular flexibility index (Phi) is 7.82. The number of ether oxygens (including phenoxy) is 2. The highest BCUT2D eigenvalue weighted by molar-refractivity contribution is 6.04. The SMILES string of the molecule is COc1ccc(CCNC(=O)c2ccccc2NC(=O)CN2CCOC(C)C2)cc1. The Hall–Kier alpha value is -2.90. The Morgan fingerprint density at radius 1 is 1.17 bits per heavy atom. The van der Waals surface area contributed by atoms with Crippen LogP contribution in [0, 0.1) is 0 Å². The van der Waals surface area contributed by atoms with Crippen LogP contribution in [0.3, 0.4) is 0 Å². The zero-order valence-electron chi connectivity index (χ0n) is 17.5. The van der Waals surface area contributed by atoms with Gasteiger partial charge in [-0.2, -0.15) is 0 Å². The largest absolute Gasteiger partial charge is 0.497 e. The first-order valence-electron chi connectivity index (χ1n) is 10.2. The van der Waals surface area contributed by atoms with E-state index in [0.29, 0.717) is 30.8 Å². The molecule has 2 N–H and O–H groups in total. The molecule has 30 heavy (non-hydrogen) atoms. The molecule has 160 valence electrons. The topological polar surface area (TPSA) is 79.9 Å². The molecular formula is C23H29N3O4. The molecule has 1 aliphatic heterocycles. The van der Waals surface area contributed by atoms with Gasteiger partial charge in [-0.3, -0.25) is 14.5 Å². The highest BCUT2D eigenvalue weighted by atomic mass is 16.5. The lowest BCUT2D eigenvalue weighted by Crippen LogP contribution is -2.44. The van der Waals surface area contributed by atoms with Crippen LogP contribution in [0.1, 0.15) is 22.8 Å². The second kappa shape index (κ2) is 10.8. The summed E-state index contributed by atoms with van der Waals surface area (Å²) in [7, 11) is 1.63. The molecule has 0 bridgehead atoms. The van der Waals surface area contributed by atoms with E-state index in [2.05, 4.69) is 15.5 Å². The third-order valence-corrected chi connectivity index (χ3v) is 5.00. The van der Waals surface area contributed by atoms with Gasteiger partial charge in [0.1, 0.15) is 5.75 Å². The summed E-state index contributed by atoms with van der Waals surface area (Å²) >= 11 is 0. The van der Waals surface area contributed by atoms with Crippen molar-refractivity contribution in [3.8, 4) is 5.75 Å². The molecule has 0 radical (unpaired) electrons. The number of hydrogen-bond donors (Lipinski definition) is 2. The second-order valence-electron chi connectivity index (χ2n) is 7.36. The van der Waals surface area contributed by atoms with E-state index in [0.717, 1.165) is 24.4 Å². The van der Waals surface area contributed by atoms with Crippen molar-refractivity contribution in [2.45, 2.75) is 19.4 Å². The normalized spacial score (nSPS) is 16.7. The number of amides is 2. The summed E-state index contributed by atoms with van der Waals surface area (Å²) in [6, 6.07) is 14.8. The smallest absolute Gasteiger partial charge is 0.253 e. The lowest BCUT2D eigenvalue weighted by molar-refractivity contribution is -0.119. The number of hydrogen-bond acceptors (Lipinski definition) is 5. The molecule has 7 nitrogen and oxygen atoms in total. The van der Waals surface area contributed by atoms with Gasteiger partial charge in [0.15, 0.2) is 0 Å². The van der Waals surface area contributed by atoms with Crippen molar-refractivity contribution < 1.29 is 19.1 Å². The van der Waals surface area contributed by atoms with Gasteiger partial charge in [0.05, 0.1) is 37.6 Å².